The molecule has 1 N–H and O–H groups in total. The molecule has 0 saturated heterocycles. The zero-order valence-corrected chi connectivity index (χ0v) is 20.1. The van der Waals surface area contributed by atoms with E-state index in [2.05, 4.69) is 23.9 Å². The summed E-state index contributed by atoms with van der Waals surface area (Å²) in [6, 6.07) is 7.41. The molecule has 4 rings (SSSR count). The number of aryl methyl sites for hydroxylation is 1. The quantitative estimate of drug-likeness (QED) is 0.592. The number of hydrogen-bond donors (Lipinski definition) is 1. The van der Waals surface area contributed by atoms with Crippen LogP contribution in [0.5, 0.6) is 5.75 Å². The van der Waals surface area contributed by atoms with Crippen LogP contribution < -0.4 is 4.74 Å². The number of hydrogen-bond acceptors (Lipinski definition) is 5. The van der Waals surface area contributed by atoms with Crippen molar-refractivity contribution in [1.29, 1.82) is 5.41 Å². The van der Waals surface area contributed by atoms with Crippen LogP contribution in [0.15, 0.2) is 39.9 Å². The molecule has 0 bridgehead atoms. The van der Waals surface area contributed by atoms with Gasteiger partial charge in [0.1, 0.15) is 10.8 Å². The first-order valence-corrected chi connectivity index (χ1v) is 11.4. The fraction of sp³-hybridized carbons (Fsp3) is 0.304. The highest BCUT2D eigenvalue weighted by Crippen LogP contribution is 2.33. The Bertz CT molecular complexity index is 1230. The molecule has 3 heterocycles. The minimum atomic E-state index is -0.431. The SMILES string of the molecule is COc1ccc(Cl)cc1-n1c(C)cc(C=C2C(=N)N3N=C(CC(C)C)SC3=NC2=O)c1C. The van der Waals surface area contributed by atoms with Gasteiger partial charge in [-0.05, 0) is 67.4 Å². The highest BCUT2D eigenvalue weighted by molar-refractivity contribution is 8.26. The Labute approximate surface area is 196 Å². The van der Waals surface area contributed by atoms with E-state index in [9.17, 15) is 4.79 Å². The lowest BCUT2D eigenvalue weighted by Gasteiger charge is -2.20. The average molecular weight is 470 g/mol. The van der Waals surface area contributed by atoms with Gasteiger partial charge in [0.05, 0.1) is 18.4 Å². The Balaban J connectivity index is 1.74. The fourth-order valence-corrected chi connectivity index (χ4v) is 5.02. The molecule has 9 heteroatoms. The molecule has 1 amide bonds. The molecule has 1 aromatic heterocycles. The Kier molecular flexibility index (Phi) is 6.01. The van der Waals surface area contributed by atoms with Crippen LogP contribution in [0.25, 0.3) is 11.8 Å². The van der Waals surface area contributed by atoms with Crippen molar-refractivity contribution in [1.82, 2.24) is 9.58 Å². The van der Waals surface area contributed by atoms with Gasteiger partial charge >= 0.3 is 0 Å². The van der Waals surface area contributed by atoms with Crippen molar-refractivity contribution in [3.05, 3.63) is 51.8 Å². The van der Waals surface area contributed by atoms with E-state index in [-0.39, 0.29) is 11.4 Å². The second kappa shape index (κ2) is 8.60. The summed E-state index contributed by atoms with van der Waals surface area (Å²) in [4.78, 5) is 17.0. The van der Waals surface area contributed by atoms with Crippen LogP contribution in [0, 0.1) is 25.2 Å². The van der Waals surface area contributed by atoms with E-state index in [0.29, 0.717) is 21.9 Å². The van der Waals surface area contributed by atoms with Crippen LogP contribution in [0.3, 0.4) is 0 Å². The summed E-state index contributed by atoms with van der Waals surface area (Å²) in [5.74, 6) is 0.723. The number of rotatable bonds is 5. The molecule has 7 nitrogen and oxygen atoms in total. The molecule has 0 fully saturated rings. The normalized spacial score (nSPS) is 17.2. The number of ether oxygens (including phenoxy) is 1. The molecule has 32 heavy (non-hydrogen) atoms. The number of hydrazone groups is 1. The predicted molar refractivity (Wildman–Crippen MR) is 131 cm³/mol. The van der Waals surface area contributed by atoms with Gasteiger partial charge in [0.25, 0.3) is 5.91 Å². The molecule has 2 aliphatic heterocycles. The molecule has 0 unspecified atom stereocenters. The lowest BCUT2D eigenvalue weighted by atomic mass is 10.1. The molecule has 2 aliphatic rings. The minimum absolute atomic E-state index is 0.0383. The van der Waals surface area contributed by atoms with E-state index >= 15 is 0 Å². The third-order valence-corrected chi connectivity index (χ3v) is 6.40. The van der Waals surface area contributed by atoms with Gasteiger partial charge in [-0.2, -0.15) is 15.1 Å². The van der Waals surface area contributed by atoms with Gasteiger partial charge in [-0.25, -0.2) is 0 Å². The average Bonchev–Trinajstić information content (AvgIpc) is 3.24. The number of nitrogens with zero attached hydrogens (tertiary/aromatic N) is 4. The topological polar surface area (TPSA) is 83.0 Å². The number of aliphatic imine (C=N–C) groups is 1. The first-order valence-electron chi connectivity index (χ1n) is 10.2. The van der Waals surface area contributed by atoms with Crippen molar-refractivity contribution in [3.63, 3.8) is 0 Å². The number of amides is 1. The highest BCUT2D eigenvalue weighted by Gasteiger charge is 2.35. The number of methoxy groups -OCH3 is 1. The fourth-order valence-electron chi connectivity index (χ4n) is 3.76. The van der Waals surface area contributed by atoms with Crippen molar-refractivity contribution < 1.29 is 9.53 Å². The van der Waals surface area contributed by atoms with Crippen LogP contribution in [-0.4, -0.2) is 38.6 Å². The summed E-state index contributed by atoms with van der Waals surface area (Å²) in [5.41, 5.74) is 3.68. The standard InChI is InChI=1S/C23H24ClN5O2S/c1-12(2)8-20-27-29-21(25)17(22(30)26-23(29)32-20)10-15-9-13(3)28(14(15)4)18-11-16(24)6-7-19(18)31-5/h6-7,9-12,25H,8H2,1-5H3. The van der Waals surface area contributed by atoms with Crippen LogP contribution >= 0.6 is 23.4 Å². The number of amidine groups is 2. The van der Waals surface area contributed by atoms with Gasteiger partial charge in [0.2, 0.25) is 5.17 Å². The second-order valence-electron chi connectivity index (χ2n) is 8.09. The summed E-state index contributed by atoms with van der Waals surface area (Å²) in [6.07, 6.45) is 2.49. The van der Waals surface area contributed by atoms with E-state index in [1.165, 1.54) is 16.8 Å². The van der Waals surface area contributed by atoms with E-state index in [1.807, 2.05) is 36.6 Å². The lowest BCUT2D eigenvalue weighted by molar-refractivity contribution is -0.114. The molecule has 0 saturated carbocycles. The third-order valence-electron chi connectivity index (χ3n) is 5.23. The molecule has 0 aliphatic carbocycles. The Morgan fingerprint density at radius 1 is 1.28 bits per heavy atom. The van der Waals surface area contributed by atoms with Crippen LogP contribution in [-0.2, 0) is 4.79 Å². The number of benzene rings is 1. The molecule has 0 atom stereocenters. The summed E-state index contributed by atoms with van der Waals surface area (Å²) < 4.78 is 7.54. The first-order chi connectivity index (χ1) is 15.2. The van der Waals surface area contributed by atoms with Gasteiger partial charge in [0.15, 0.2) is 5.84 Å². The minimum Gasteiger partial charge on any atom is -0.495 e. The van der Waals surface area contributed by atoms with Crippen molar-refractivity contribution in [2.75, 3.05) is 7.11 Å². The number of halogens is 1. The van der Waals surface area contributed by atoms with E-state index < -0.39 is 5.91 Å². The molecular formula is C23H24ClN5O2S. The molecule has 1 aromatic carbocycles. The Morgan fingerprint density at radius 2 is 2.03 bits per heavy atom. The maximum absolute atomic E-state index is 12.8. The van der Waals surface area contributed by atoms with Gasteiger partial charge in [-0.15, -0.1) is 0 Å². The summed E-state index contributed by atoms with van der Waals surface area (Å²) in [7, 11) is 1.61. The zero-order chi connectivity index (χ0) is 23.2. The van der Waals surface area contributed by atoms with Crippen molar-refractivity contribution in [3.8, 4) is 11.4 Å². The molecular weight excluding hydrogens is 446 g/mol. The van der Waals surface area contributed by atoms with Crippen molar-refractivity contribution in [2.24, 2.45) is 16.0 Å². The molecule has 166 valence electrons. The van der Waals surface area contributed by atoms with Gasteiger partial charge < -0.3 is 9.30 Å². The van der Waals surface area contributed by atoms with Crippen LogP contribution in [0.4, 0.5) is 0 Å². The number of fused-ring (bicyclic) bond motifs is 1. The number of nitrogens with one attached hydrogen (secondary N) is 1. The van der Waals surface area contributed by atoms with E-state index in [4.69, 9.17) is 21.7 Å². The van der Waals surface area contributed by atoms with Gasteiger partial charge in [-0.1, -0.05) is 25.4 Å². The van der Waals surface area contributed by atoms with Gasteiger partial charge in [0, 0.05) is 22.8 Å². The number of carbonyl (C=O) groups excluding carboxylic acids is 1. The Morgan fingerprint density at radius 3 is 2.72 bits per heavy atom. The maximum Gasteiger partial charge on any atom is 0.283 e. The number of thioether (sulfide) groups is 1. The molecule has 0 radical (unpaired) electrons. The number of carbonyl (C=O) groups is 1. The van der Waals surface area contributed by atoms with Gasteiger partial charge in [-0.3, -0.25) is 10.2 Å². The van der Waals surface area contributed by atoms with Crippen LogP contribution in [0.1, 0.15) is 37.2 Å². The van der Waals surface area contributed by atoms with Crippen molar-refractivity contribution in [2.45, 2.75) is 34.1 Å². The smallest absolute Gasteiger partial charge is 0.283 e. The predicted octanol–water partition coefficient (Wildman–Crippen LogP) is 5.42. The highest BCUT2D eigenvalue weighted by atomic mass is 35.5. The first kappa shape index (κ1) is 22.4. The summed E-state index contributed by atoms with van der Waals surface area (Å²) in [5, 5.41) is 16.5. The van der Waals surface area contributed by atoms with Crippen molar-refractivity contribution >= 4 is 51.4 Å². The second-order valence-corrected chi connectivity index (χ2v) is 9.57. The lowest BCUT2D eigenvalue weighted by Crippen LogP contribution is -2.35. The number of aromatic nitrogens is 1. The van der Waals surface area contributed by atoms with Crippen LogP contribution in [0.2, 0.25) is 5.02 Å². The van der Waals surface area contributed by atoms with E-state index in [0.717, 1.165) is 34.1 Å². The molecule has 2 aromatic rings. The van der Waals surface area contributed by atoms with E-state index in [1.54, 1.807) is 19.3 Å². The summed E-state index contributed by atoms with van der Waals surface area (Å²) >= 11 is 7.59. The summed E-state index contributed by atoms with van der Waals surface area (Å²) in [6.45, 7) is 8.14. The molecule has 0 spiro atoms. The monoisotopic (exact) mass is 469 g/mol. The Hall–Kier alpha value is -2.84. The maximum atomic E-state index is 12.8. The zero-order valence-electron chi connectivity index (χ0n) is 18.6. The third kappa shape index (κ3) is 4.00. The largest absolute Gasteiger partial charge is 0.495 e.